The Morgan fingerprint density at radius 2 is 1.89 bits per heavy atom. The highest BCUT2D eigenvalue weighted by atomic mass is 16.3. The van der Waals surface area contributed by atoms with Crippen molar-refractivity contribution in [1.29, 1.82) is 0 Å². The van der Waals surface area contributed by atoms with Gasteiger partial charge in [0.2, 0.25) is 0 Å². The smallest absolute Gasteiger partial charge is 0.198 e. The van der Waals surface area contributed by atoms with Crippen molar-refractivity contribution < 1.29 is 5.11 Å². The van der Waals surface area contributed by atoms with Crippen LogP contribution < -0.4 is 10.6 Å². The fourth-order valence-corrected chi connectivity index (χ4v) is 3.89. The Balaban J connectivity index is 1.62. The van der Waals surface area contributed by atoms with E-state index in [2.05, 4.69) is 15.0 Å². The van der Waals surface area contributed by atoms with Gasteiger partial charge in [-0.2, -0.15) is 5.10 Å². The summed E-state index contributed by atoms with van der Waals surface area (Å²) in [5, 5.41) is 14.8. The molecule has 0 spiro atoms. The van der Waals surface area contributed by atoms with E-state index in [1.165, 1.54) is 25.7 Å². The summed E-state index contributed by atoms with van der Waals surface area (Å²) in [6, 6.07) is 5.75. The zero-order valence-electron chi connectivity index (χ0n) is 16.6. The minimum Gasteiger partial charge on any atom is -0.398 e. The van der Waals surface area contributed by atoms with Crippen LogP contribution in [0.2, 0.25) is 0 Å². The molecule has 0 radical (unpaired) electrons. The summed E-state index contributed by atoms with van der Waals surface area (Å²) < 4.78 is 1.82. The second-order valence-electron chi connectivity index (χ2n) is 8.11. The number of anilines is 2. The van der Waals surface area contributed by atoms with Gasteiger partial charge in [0.25, 0.3) is 0 Å². The third kappa shape index (κ3) is 3.80. The molecule has 0 atom stereocenters. The zero-order chi connectivity index (χ0) is 19.7. The molecule has 1 fully saturated rings. The maximum Gasteiger partial charge on any atom is 0.198 e. The topological polar surface area (TPSA) is 92.6 Å². The van der Waals surface area contributed by atoms with Crippen molar-refractivity contribution in [2.45, 2.75) is 51.6 Å². The quantitative estimate of drug-likeness (QED) is 0.676. The van der Waals surface area contributed by atoms with Gasteiger partial charge in [-0.05, 0) is 38.3 Å². The van der Waals surface area contributed by atoms with Crippen LogP contribution >= 0.6 is 0 Å². The van der Waals surface area contributed by atoms with Crippen molar-refractivity contribution in [3.05, 3.63) is 47.5 Å². The number of nitrogens with two attached hydrogens (primary N) is 1. The van der Waals surface area contributed by atoms with Crippen LogP contribution in [0, 0.1) is 0 Å². The van der Waals surface area contributed by atoms with Crippen LogP contribution in [0.15, 0.2) is 30.6 Å². The molecule has 0 saturated carbocycles. The van der Waals surface area contributed by atoms with Gasteiger partial charge in [-0.15, -0.1) is 0 Å². The second-order valence-corrected chi connectivity index (χ2v) is 8.11. The zero-order valence-corrected chi connectivity index (χ0v) is 16.6. The normalized spacial score (nSPS) is 15.8. The van der Waals surface area contributed by atoms with Crippen LogP contribution in [0.1, 0.15) is 56.5 Å². The van der Waals surface area contributed by atoms with Gasteiger partial charge in [0, 0.05) is 43.2 Å². The lowest BCUT2D eigenvalue weighted by molar-refractivity contribution is 0.0794. The summed E-state index contributed by atoms with van der Waals surface area (Å²) in [5.74, 6) is 1.65. The highest BCUT2D eigenvalue weighted by Crippen LogP contribution is 2.27. The first-order chi connectivity index (χ1) is 13.4. The molecule has 7 heteroatoms. The van der Waals surface area contributed by atoms with Crippen molar-refractivity contribution in [3.63, 3.8) is 0 Å². The van der Waals surface area contributed by atoms with Crippen molar-refractivity contribution in [3.8, 4) is 0 Å². The molecular weight excluding hydrogens is 352 g/mol. The SMILES string of the molecule is CC(C)(O)c1ccc(Cc2nc3c(N4CCCCCC4)nccn3n2)cc1N. The number of hydrogen-bond acceptors (Lipinski definition) is 6. The molecule has 148 valence electrons. The lowest BCUT2D eigenvalue weighted by Crippen LogP contribution is -2.25. The van der Waals surface area contributed by atoms with E-state index >= 15 is 0 Å². The van der Waals surface area contributed by atoms with E-state index in [9.17, 15) is 5.11 Å². The number of benzene rings is 1. The molecule has 0 amide bonds. The van der Waals surface area contributed by atoms with Crippen LogP contribution in [0.3, 0.4) is 0 Å². The summed E-state index contributed by atoms with van der Waals surface area (Å²) >= 11 is 0. The Labute approximate surface area is 165 Å². The molecule has 0 unspecified atom stereocenters. The molecule has 28 heavy (non-hydrogen) atoms. The fraction of sp³-hybridized carbons (Fsp3) is 0.476. The van der Waals surface area contributed by atoms with Gasteiger partial charge in [0.15, 0.2) is 17.3 Å². The van der Waals surface area contributed by atoms with Gasteiger partial charge in [-0.1, -0.05) is 25.0 Å². The summed E-state index contributed by atoms with van der Waals surface area (Å²) in [7, 11) is 0. The molecule has 1 saturated heterocycles. The Hall–Kier alpha value is -2.67. The van der Waals surface area contributed by atoms with E-state index in [4.69, 9.17) is 10.7 Å². The highest BCUT2D eigenvalue weighted by Gasteiger charge is 2.20. The fourth-order valence-electron chi connectivity index (χ4n) is 3.89. The van der Waals surface area contributed by atoms with E-state index < -0.39 is 5.60 Å². The molecule has 4 rings (SSSR count). The number of rotatable bonds is 4. The molecule has 3 aromatic rings. The average molecular weight is 380 g/mol. The van der Waals surface area contributed by atoms with Crippen molar-refractivity contribution >= 4 is 17.2 Å². The van der Waals surface area contributed by atoms with Crippen molar-refractivity contribution in [2.24, 2.45) is 0 Å². The van der Waals surface area contributed by atoms with Crippen LogP contribution in [-0.2, 0) is 12.0 Å². The van der Waals surface area contributed by atoms with Gasteiger partial charge < -0.3 is 15.7 Å². The Morgan fingerprint density at radius 1 is 1.14 bits per heavy atom. The summed E-state index contributed by atoms with van der Waals surface area (Å²) in [5.41, 5.74) is 8.33. The molecule has 0 aliphatic carbocycles. The van der Waals surface area contributed by atoms with Gasteiger partial charge in [-0.25, -0.2) is 14.5 Å². The third-order valence-corrected chi connectivity index (χ3v) is 5.32. The standard InChI is InChI=1S/C21H28N6O/c1-21(2,28)16-8-7-15(13-17(16)22)14-18-24-20-19(23-9-12-27(20)25-18)26-10-5-3-4-6-11-26/h7-9,12-13,28H,3-6,10-11,14,22H2,1-2H3. The molecule has 2 aromatic heterocycles. The van der Waals surface area contributed by atoms with Gasteiger partial charge in [-0.3, -0.25) is 0 Å². The predicted octanol–water partition coefficient (Wildman–Crippen LogP) is 2.91. The van der Waals surface area contributed by atoms with E-state index in [0.29, 0.717) is 12.1 Å². The van der Waals surface area contributed by atoms with Crippen LogP contribution in [0.4, 0.5) is 11.5 Å². The second kappa shape index (κ2) is 7.39. The highest BCUT2D eigenvalue weighted by molar-refractivity contribution is 5.63. The molecule has 0 bridgehead atoms. The maximum atomic E-state index is 10.2. The van der Waals surface area contributed by atoms with Crippen molar-refractivity contribution in [1.82, 2.24) is 19.6 Å². The molecule has 1 aliphatic heterocycles. The first-order valence-corrected chi connectivity index (χ1v) is 9.98. The van der Waals surface area contributed by atoms with Gasteiger partial charge >= 0.3 is 0 Å². The van der Waals surface area contributed by atoms with Crippen LogP contribution in [-0.4, -0.2) is 37.8 Å². The molecular formula is C21H28N6O. The summed E-state index contributed by atoms with van der Waals surface area (Å²) in [6.07, 6.45) is 9.16. The van der Waals surface area contributed by atoms with E-state index in [1.807, 2.05) is 28.9 Å². The van der Waals surface area contributed by atoms with Crippen LogP contribution in [0.25, 0.3) is 5.65 Å². The van der Waals surface area contributed by atoms with E-state index in [0.717, 1.165) is 41.5 Å². The first kappa shape index (κ1) is 18.7. The number of hydrogen-bond donors (Lipinski definition) is 2. The Kier molecular flexibility index (Phi) is 4.93. The van der Waals surface area contributed by atoms with Gasteiger partial charge in [0.05, 0.1) is 5.60 Å². The summed E-state index contributed by atoms with van der Waals surface area (Å²) in [6.45, 7) is 5.51. The number of nitrogens with zero attached hydrogens (tertiary/aromatic N) is 5. The number of aromatic nitrogens is 4. The van der Waals surface area contributed by atoms with Crippen molar-refractivity contribution in [2.75, 3.05) is 23.7 Å². The summed E-state index contributed by atoms with van der Waals surface area (Å²) in [4.78, 5) is 11.7. The first-order valence-electron chi connectivity index (χ1n) is 9.98. The molecule has 1 aliphatic rings. The largest absolute Gasteiger partial charge is 0.398 e. The number of fused-ring (bicyclic) bond motifs is 1. The van der Waals surface area contributed by atoms with E-state index in [-0.39, 0.29) is 0 Å². The molecule has 3 heterocycles. The van der Waals surface area contributed by atoms with Gasteiger partial charge in [0.1, 0.15) is 0 Å². The Morgan fingerprint density at radius 3 is 2.57 bits per heavy atom. The van der Waals surface area contributed by atoms with Crippen LogP contribution in [0.5, 0.6) is 0 Å². The third-order valence-electron chi connectivity index (χ3n) is 5.32. The maximum absolute atomic E-state index is 10.2. The lowest BCUT2D eigenvalue weighted by Gasteiger charge is -2.21. The predicted molar refractivity (Wildman–Crippen MR) is 110 cm³/mol. The monoisotopic (exact) mass is 380 g/mol. The minimum atomic E-state index is -0.961. The Bertz CT molecular complexity index is 967. The molecule has 1 aromatic carbocycles. The average Bonchev–Trinajstić information content (AvgIpc) is 2.85. The minimum absolute atomic E-state index is 0.581. The molecule has 3 N–H and O–H groups in total. The molecule has 7 nitrogen and oxygen atoms in total. The number of nitrogen functional groups attached to an aromatic ring is 1. The number of aliphatic hydroxyl groups is 1. The van der Waals surface area contributed by atoms with E-state index in [1.54, 1.807) is 20.0 Å². The lowest BCUT2D eigenvalue weighted by atomic mass is 9.94.